The molecular formula is C27H30N2O2. The number of benzene rings is 3. The number of hydrogen-bond acceptors (Lipinski definition) is 3. The lowest BCUT2D eigenvalue weighted by Crippen LogP contribution is -2.51. The van der Waals surface area contributed by atoms with E-state index < -0.39 is 0 Å². The average molecular weight is 415 g/mol. The van der Waals surface area contributed by atoms with E-state index in [-0.39, 0.29) is 18.6 Å². The third-order valence-corrected chi connectivity index (χ3v) is 5.96. The topological polar surface area (TPSA) is 32.8 Å². The highest BCUT2D eigenvalue weighted by atomic mass is 16.5. The number of hydrogen-bond donors (Lipinski definition) is 0. The Morgan fingerprint density at radius 3 is 1.87 bits per heavy atom. The predicted octanol–water partition coefficient (Wildman–Crippen LogP) is 4.56. The number of carbonyl (C=O) groups excluding carboxylic acids is 1. The summed E-state index contributed by atoms with van der Waals surface area (Å²) in [6.07, 6.45) is 0.996. The van der Waals surface area contributed by atoms with Crippen LogP contribution in [0.3, 0.4) is 0 Å². The first-order chi connectivity index (χ1) is 15.2. The van der Waals surface area contributed by atoms with Gasteiger partial charge in [0, 0.05) is 26.2 Å². The van der Waals surface area contributed by atoms with E-state index >= 15 is 0 Å². The maximum Gasteiger partial charge on any atom is 0.260 e. The highest BCUT2D eigenvalue weighted by Crippen LogP contribution is 2.29. The van der Waals surface area contributed by atoms with Crippen LogP contribution in [0.5, 0.6) is 5.75 Å². The normalized spacial score (nSPS) is 14.6. The summed E-state index contributed by atoms with van der Waals surface area (Å²) in [5, 5.41) is 0. The molecule has 0 atom stereocenters. The molecule has 1 amide bonds. The summed E-state index contributed by atoms with van der Waals surface area (Å²) >= 11 is 0. The van der Waals surface area contributed by atoms with Crippen LogP contribution in [0, 0.1) is 0 Å². The SMILES string of the molecule is CCc1ccc(OCC(=O)N2CCN(C(c3ccccc3)c3ccccc3)CC2)cc1. The molecule has 1 heterocycles. The Bertz CT molecular complexity index is 910. The molecule has 4 nitrogen and oxygen atoms in total. The molecule has 31 heavy (non-hydrogen) atoms. The van der Waals surface area contributed by atoms with E-state index in [2.05, 4.69) is 72.5 Å². The van der Waals surface area contributed by atoms with Crippen LogP contribution >= 0.6 is 0 Å². The molecule has 3 aromatic rings. The number of carbonyl (C=O) groups is 1. The van der Waals surface area contributed by atoms with Crippen molar-refractivity contribution in [1.82, 2.24) is 9.80 Å². The van der Waals surface area contributed by atoms with Gasteiger partial charge in [0.2, 0.25) is 0 Å². The van der Waals surface area contributed by atoms with Crippen LogP contribution in [0.4, 0.5) is 0 Å². The minimum absolute atomic E-state index is 0.0511. The minimum atomic E-state index is 0.0511. The van der Waals surface area contributed by atoms with Gasteiger partial charge in [-0.2, -0.15) is 0 Å². The van der Waals surface area contributed by atoms with Gasteiger partial charge in [-0.15, -0.1) is 0 Å². The van der Waals surface area contributed by atoms with Gasteiger partial charge in [0.15, 0.2) is 6.61 Å². The fourth-order valence-electron chi connectivity index (χ4n) is 4.17. The molecule has 4 rings (SSSR count). The van der Waals surface area contributed by atoms with Crippen molar-refractivity contribution in [2.75, 3.05) is 32.8 Å². The molecule has 0 bridgehead atoms. The predicted molar refractivity (Wildman–Crippen MR) is 124 cm³/mol. The quantitative estimate of drug-likeness (QED) is 0.568. The van der Waals surface area contributed by atoms with Gasteiger partial charge in [0.1, 0.15) is 5.75 Å². The van der Waals surface area contributed by atoms with E-state index in [0.29, 0.717) is 13.1 Å². The smallest absolute Gasteiger partial charge is 0.260 e. The Kier molecular flexibility index (Phi) is 7.00. The number of ether oxygens (including phenoxy) is 1. The second kappa shape index (κ2) is 10.3. The number of nitrogens with zero attached hydrogens (tertiary/aromatic N) is 2. The van der Waals surface area contributed by atoms with Crippen LogP contribution in [-0.4, -0.2) is 48.5 Å². The van der Waals surface area contributed by atoms with Crippen molar-refractivity contribution in [3.8, 4) is 5.75 Å². The summed E-state index contributed by atoms with van der Waals surface area (Å²) < 4.78 is 5.73. The zero-order valence-corrected chi connectivity index (χ0v) is 18.1. The zero-order valence-electron chi connectivity index (χ0n) is 18.1. The molecule has 3 aromatic carbocycles. The maximum atomic E-state index is 12.7. The van der Waals surface area contributed by atoms with Crippen molar-refractivity contribution in [2.24, 2.45) is 0 Å². The lowest BCUT2D eigenvalue weighted by molar-refractivity contribution is -0.135. The van der Waals surface area contributed by atoms with E-state index in [1.165, 1.54) is 16.7 Å². The molecule has 0 radical (unpaired) electrons. The third kappa shape index (κ3) is 5.33. The van der Waals surface area contributed by atoms with E-state index in [1.807, 2.05) is 29.2 Å². The Balaban J connectivity index is 1.36. The van der Waals surface area contributed by atoms with Crippen molar-refractivity contribution in [3.63, 3.8) is 0 Å². The molecule has 0 unspecified atom stereocenters. The number of piperazine rings is 1. The lowest BCUT2D eigenvalue weighted by atomic mass is 9.96. The lowest BCUT2D eigenvalue weighted by Gasteiger charge is -2.39. The van der Waals surface area contributed by atoms with Crippen LogP contribution in [0.25, 0.3) is 0 Å². The summed E-state index contributed by atoms with van der Waals surface area (Å²) in [6, 6.07) is 29.4. The van der Waals surface area contributed by atoms with Gasteiger partial charge in [0.05, 0.1) is 6.04 Å². The second-order valence-corrected chi connectivity index (χ2v) is 7.93. The van der Waals surface area contributed by atoms with Crippen LogP contribution in [0.2, 0.25) is 0 Å². The van der Waals surface area contributed by atoms with Crippen LogP contribution in [0.1, 0.15) is 29.7 Å². The molecule has 0 aromatic heterocycles. The molecule has 0 spiro atoms. The summed E-state index contributed by atoms with van der Waals surface area (Å²) in [4.78, 5) is 17.1. The highest BCUT2D eigenvalue weighted by Gasteiger charge is 2.28. The Labute approximate surface area is 185 Å². The van der Waals surface area contributed by atoms with Crippen LogP contribution in [-0.2, 0) is 11.2 Å². The van der Waals surface area contributed by atoms with Gasteiger partial charge in [-0.25, -0.2) is 0 Å². The first kappa shape index (κ1) is 21.1. The van der Waals surface area contributed by atoms with Crippen molar-refractivity contribution >= 4 is 5.91 Å². The zero-order chi connectivity index (χ0) is 21.5. The van der Waals surface area contributed by atoms with Gasteiger partial charge < -0.3 is 9.64 Å². The monoisotopic (exact) mass is 414 g/mol. The molecule has 4 heteroatoms. The van der Waals surface area contributed by atoms with Crippen molar-refractivity contribution in [1.29, 1.82) is 0 Å². The Hall–Kier alpha value is -3.11. The molecule has 0 N–H and O–H groups in total. The van der Waals surface area contributed by atoms with Gasteiger partial charge in [0.25, 0.3) is 5.91 Å². The van der Waals surface area contributed by atoms with Crippen molar-refractivity contribution in [2.45, 2.75) is 19.4 Å². The Morgan fingerprint density at radius 2 is 1.35 bits per heavy atom. The van der Waals surface area contributed by atoms with Gasteiger partial charge >= 0.3 is 0 Å². The minimum Gasteiger partial charge on any atom is -0.484 e. The highest BCUT2D eigenvalue weighted by molar-refractivity contribution is 5.77. The van der Waals surface area contributed by atoms with Crippen molar-refractivity contribution in [3.05, 3.63) is 102 Å². The van der Waals surface area contributed by atoms with E-state index in [9.17, 15) is 4.79 Å². The van der Waals surface area contributed by atoms with Crippen LogP contribution < -0.4 is 4.74 Å². The summed E-state index contributed by atoms with van der Waals surface area (Å²) in [5.74, 6) is 0.799. The maximum absolute atomic E-state index is 12.7. The molecular weight excluding hydrogens is 384 g/mol. The molecule has 0 aliphatic carbocycles. The summed E-state index contributed by atoms with van der Waals surface area (Å²) in [7, 11) is 0. The van der Waals surface area contributed by atoms with E-state index in [1.54, 1.807) is 0 Å². The number of aryl methyl sites for hydroxylation is 1. The molecule has 1 aliphatic heterocycles. The van der Waals surface area contributed by atoms with E-state index in [4.69, 9.17) is 4.74 Å². The molecule has 160 valence electrons. The van der Waals surface area contributed by atoms with E-state index in [0.717, 1.165) is 25.3 Å². The van der Waals surface area contributed by atoms with Gasteiger partial charge in [-0.3, -0.25) is 9.69 Å². The van der Waals surface area contributed by atoms with Gasteiger partial charge in [-0.1, -0.05) is 79.7 Å². The second-order valence-electron chi connectivity index (χ2n) is 7.93. The number of amides is 1. The average Bonchev–Trinajstić information content (AvgIpc) is 2.85. The molecule has 0 saturated carbocycles. The molecule has 1 fully saturated rings. The number of rotatable bonds is 7. The summed E-state index contributed by atoms with van der Waals surface area (Å²) in [6.45, 7) is 5.32. The largest absolute Gasteiger partial charge is 0.484 e. The standard InChI is InChI=1S/C27H30N2O2/c1-2-22-13-15-25(16-14-22)31-21-26(30)28-17-19-29(20-18-28)27(23-9-5-3-6-10-23)24-11-7-4-8-12-24/h3-16,27H,2,17-21H2,1H3. The summed E-state index contributed by atoms with van der Waals surface area (Å²) in [5.41, 5.74) is 3.83. The van der Waals surface area contributed by atoms with Gasteiger partial charge in [-0.05, 0) is 35.2 Å². The fourth-order valence-corrected chi connectivity index (χ4v) is 4.17. The first-order valence-electron chi connectivity index (χ1n) is 11.1. The molecule has 1 saturated heterocycles. The Morgan fingerprint density at radius 1 is 0.806 bits per heavy atom. The molecule has 1 aliphatic rings. The first-order valence-corrected chi connectivity index (χ1v) is 11.1. The third-order valence-electron chi connectivity index (χ3n) is 5.96. The van der Waals surface area contributed by atoms with Crippen LogP contribution in [0.15, 0.2) is 84.9 Å². The fraction of sp³-hybridized carbons (Fsp3) is 0.296. The van der Waals surface area contributed by atoms with Crippen molar-refractivity contribution < 1.29 is 9.53 Å².